The van der Waals surface area contributed by atoms with Crippen LogP contribution in [0.15, 0.2) is 30.3 Å². The van der Waals surface area contributed by atoms with Gasteiger partial charge in [0, 0.05) is 13.1 Å². The Morgan fingerprint density at radius 2 is 2.05 bits per heavy atom. The van der Waals surface area contributed by atoms with Crippen LogP contribution in [0, 0.1) is 0 Å². The Bertz CT molecular complexity index is 391. The van der Waals surface area contributed by atoms with E-state index in [1.165, 1.54) is 18.4 Å². The molecule has 0 unspecified atom stereocenters. The van der Waals surface area contributed by atoms with Crippen LogP contribution in [-0.4, -0.2) is 30.1 Å². The molecule has 0 saturated carbocycles. The van der Waals surface area contributed by atoms with Gasteiger partial charge < -0.3 is 9.64 Å². The van der Waals surface area contributed by atoms with Gasteiger partial charge in [-0.25, -0.2) is 0 Å². The summed E-state index contributed by atoms with van der Waals surface area (Å²) in [5.41, 5.74) is 1.19. The molecular weight excluding hydrogens is 238 g/mol. The number of carbonyl (C=O) groups is 1. The fraction of sp³-hybridized carbons (Fsp3) is 0.562. The first-order valence-corrected chi connectivity index (χ1v) is 7.25. The van der Waals surface area contributed by atoms with E-state index < -0.39 is 0 Å². The van der Waals surface area contributed by atoms with E-state index in [2.05, 4.69) is 19.1 Å². The lowest BCUT2D eigenvalue weighted by Gasteiger charge is -2.32. The van der Waals surface area contributed by atoms with Crippen LogP contribution < -0.4 is 0 Å². The molecule has 1 fully saturated rings. The lowest BCUT2D eigenvalue weighted by atomic mass is 10.1. The number of morpholine rings is 1. The summed E-state index contributed by atoms with van der Waals surface area (Å²) >= 11 is 0. The van der Waals surface area contributed by atoms with Crippen molar-refractivity contribution in [2.75, 3.05) is 13.2 Å². The Morgan fingerprint density at radius 3 is 2.79 bits per heavy atom. The number of benzene rings is 1. The van der Waals surface area contributed by atoms with Gasteiger partial charge in [-0.2, -0.15) is 0 Å². The molecule has 19 heavy (non-hydrogen) atoms. The molecule has 1 aromatic carbocycles. The van der Waals surface area contributed by atoms with Gasteiger partial charge in [-0.05, 0) is 12.0 Å². The molecule has 0 bridgehead atoms. The maximum Gasteiger partial charge on any atom is 0.252 e. The number of carbonyl (C=O) groups excluding carboxylic acids is 1. The predicted octanol–water partition coefficient (Wildman–Crippen LogP) is 2.99. The lowest BCUT2D eigenvalue weighted by molar-refractivity contribution is -0.154. The Hall–Kier alpha value is -1.35. The molecule has 1 atom stereocenters. The number of hydrogen-bond acceptors (Lipinski definition) is 2. The van der Waals surface area contributed by atoms with Gasteiger partial charge in [0.25, 0.3) is 5.91 Å². The summed E-state index contributed by atoms with van der Waals surface area (Å²) in [5.74, 6) is 0.159. The SMILES string of the molecule is CCCCC[C@@H]1OCCN(Cc2ccccc2)C1=O. The Labute approximate surface area is 115 Å². The standard InChI is InChI=1S/C16H23NO2/c1-2-3-5-10-15-16(18)17(11-12-19-15)13-14-8-6-4-7-9-14/h4,6-9,15H,2-3,5,10-13H2,1H3/t15-/m0/s1. The van der Waals surface area contributed by atoms with Gasteiger partial charge in [-0.3, -0.25) is 4.79 Å². The molecule has 1 aromatic rings. The molecule has 1 aliphatic rings. The van der Waals surface area contributed by atoms with Crippen molar-refractivity contribution in [3.63, 3.8) is 0 Å². The summed E-state index contributed by atoms with van der Waals surface area (Å²) in [6.07, 6.45) is 4.06. The van der Waals surface area contributed by atoms with Crippen LogP contribution in [0.5, 0.6) is 0 Å². The molecular formula is C16H23NO2. The van der Waals surface area contributed by atoms with Crippen molar-refractivity contribution in [3.8, 4) is 0 Å². The van der Waals surface area contributed by atoms with Crippen molar-refractivity contribution >= 4 is 5.91 Å². The molecule has 1 amide bonds. The highest BCUT2D eigenvalue weighted by atomic mass is 16.5. The second-order valence-corrected chi connectivity index (χ2v) is 5.10. The van der Waals surface area contributed by atoms with Crippen LogP contribution in [0.3, 0.4) is 0 Å². The molecule has 2 rings (SSSR count). The minimum atomic E-state index is -0.219. The first-order valence-electron chi connectivity index (χ1n) is 7.25. The summed E-state index contributed by atoms with van der Waals surface area (Å²) in [4.78, 5) is 14.3. The summed E-state index contributed by atoms with van der Waals surface area (Å²) in [6, 6.07) is 10.2. The Morgan fingerprint density at radius 1 is 1.26 bits per heavy atom. The van der Waals surface area contributed by atoms with E-state index in [0.29, 0.717) is 19.7 Å². The molecule has 0 radical (unpaired) electrons. The zero-order chi connectivity index (χ0) is 13.5. The molecule has 0 aliphatic carbocycles. The summed E-state index contributed by atoms with van der Waals surface area (Å²) in [6.45, 7) is 4.24. The Kier molecular flexibility index (Phi) is 5.40. The topological polar surface area (TPSA) is 29.5 Å². The average Bonchev–Trinajstić information content (AvgIpc) is 2.44. The van der Waals surface area contributed by atoms with Gasteiger partial charge >= 0.3 is 0 Å². The van der Waals surface area contributed by atoms with Gasteiger partial charge in [0.2, 0.25) is 0 Å². The average molecular weight is 261 g/mol. The highest BCUT2D eigenvalue weighted by molar-refractivity contribution is 5.81. The van der Waals surface area contributed by atoms with Crippen LogP contribution in [0.1, 0.15) is 38.2 Å². The molecule has 1 saturated heterocycles. The third kappa shape index (κ3) is 4.06. The highest BCUT2D eigenvalue weighted by Gasteiger charge is 2.28. The van der Waals surface area contributed by atoms with E-state index >= 15 is 0 Å². The van der Waals surface area contributed by atoms with Crippen molar-refractivity contribution in [1.82, 2.24) is 4.90 Å². The fourth-order valence-corrected chi connectivity index (χ4v) is 2.44. The number of ether oxygens (including phenoxy) is 1. The molecule has 0 N–H and O–H groups in total. The van der Waals surface area contributed by atoms with Crippen molar-refractivity contribution in [1.29, 1.82) is 0 Å². The van der Waals surface area contributed by atoms with Gasteiger partial charge in [-0.1, -0.05) is 56.5 Å². The largest absolute Gasteiger partial charge is 0.367 e. The minimum Gasteiger partial charge on any atom is -0.367 e. The van der Waals surface area contributed by atoms with Crippen molar-refractivity contribution < 1.29 is 9.53 Å². The molecule has 104 valence electrons. The second-order valence-electron chi connectivity index (χ2n) is 5.10. The normalized spacial score (nSPS) is 19.7. The number of amides is 1. The van der Waals surface area contributed by atoms with Gasteiger partial charge in [0.15, 0.2) is 0 Å². The molecule has 1 heterocycles. The summed E-state index contributed by atoms with van der Waals surface area (Å²) in [7, 11) is 0. The molecule has 0 spiro atoms. The number of nitrogens with zero attached hydrogens (tertiary/aromatic N) is 1. The second kappa shape index (κ2) is 7.29. The Balaban J connectivity index is 1.89. The third-order valence-corrected chi connectivity index (χ3v) is 3.55. The molecule has 0 aromatic heterocycles. The van der Waals surface area contributed by atoms with E-state index in [1.54, 1.807) is 0 Å². The third-order valence-electron chi connectivity index (χ3n) is 3.55. The maximum absolute atomic E-state index is 12.3. The smallest absolute Gasteiger partial charge is 0.252 e. The molecule has 1 aliphatic heterocycles. The number of hydrogen-bond donors (Lipinski definition) is 0. The minimum absolute atomic E-state index is 0.159. The first kappa shape index (κ1) is 14.1. The lowest BCUT2D eigenvalue weighted by Crippen LogP contribution is -2.47. The van der Waals surface area contributed by atoms with Crippen LogP contribution in [0.4, 0.5) is 0 Å². The molecule has 3 nitrogen and oxygen atoms in total. The van der Waals surface area contributed by atoms with E-state index in [0.717, 1.165) is 12.8 Å². The van der Waals surface area contributed by atoms with Crippen LogP contribution >= 0.6 is 0 Å². The zero-order valence-corrected chi connectivity index (χ0v) is 11.7. The zero-order valence-electron chi connectivity index (χ0n) is 11.7. The molecule has 3 heteroatoms. The fourth-order valence-electron chi connectivity index (χ4n) is 2.44. The van der Waals surface area contributed by atoms with Gasteiger partial charge in [0.1, 0.15) is 6.10 Å². The van der Waals surface area contributed by atoms with E-state index in [4.69, 9.17) is 4.74 Å². The van der Waals surface area contributed by atoms with E-state index in [-0.39, 0.29) is 12.0 Å². The van der Waals surface area contributed by atoms with E-state index in [1.807, 2.05) is 23.1 Å². The number of unbranched alkanes of at least 4 members (excludes halogenated alkanes) is 2. The highest BCUT2D eigenvalue weighted by Crippen LogP contribution is 2.16. The summed E-state index contributed by atoms with van der Waals surface area (Å²) < 4.78 is 5.61. The van der Waals surface area contributed by atoms with Gasteiger partial charge in [-0.15, -0.1) is 0 Å². The first-order chi connectivity index (χ1) is 9.31. The van der Waals surface area contributed by atoms with Crippen molar-refractivity contribution in [2.24, 2.45) is 0 Å². The monoisotopic (exact) mass is 261 g/mol. The van der Waals surface area contributed by atoms with Crippen LogP contribution in [-0.2, 0) is 16.1 Å². The van der Waals surface area contributed by atoms with Crippen LogP contribution in [0.25, 0.3) is 0 Å². The maximum atomic E-state index is 12.3. The number of rotatable bonds is 6. The van der Waals surface area contributed by atoms with Crippen molar-refractivity contribution in [3.05, 3.63) is 35.9 Å². The predicted molar refractivity (Wildman–Crippen MR) is 75.7 cm³/mol. The summed E-state index contributed by atoms with van der Waals surface area (Å²) in [5, 5.41) is 0. The van der Waals surface area contributed by atoms with Crippen molar-refractivity contribution in [2.45, 2.75) is 45.3 Å². The quantitative estimate of drug-likeness (QED) is 0.737. The van der Waals surface area contributed by atoms with Crippen LogP contribution in [0.2, 0.25) is 0 Å². The van der Waals surface area contributed by atoms with Gasteiger partial charge in [0.05, 0.1) is 6.61 Å². The van der Waals surface area contributed by atoms with E-state index in [9.17, 15) is 4.79 Å².